The Morgan fingerprint density at radius 2 is 1.82 bits per heavy atom. The molecule has 0 spiro atoms. The first-order valence-corrected chi connectivity index (χ1v) is 11.0. The minimum Gasteiger partial charge on any atom is -0.373 e. The quantitative estimate of drug-likeness (QED) is 0.430. The lowest BCUT2D eigenvalue weighted by molar-refractivity contribution is 0.663. The van der Waals surface area contributed by atoms with Crippen molar-refractivity contribution in [3.8, 4) is 11.1 Å². The Morgan fingerprint density at radius 3 is 2.62 bits per heavy atom. The molecule has 34 heavy (non-hydrogen) atoms. The fraction of sp³-hybridized carbons (Fsp3) is 0.160. The van der Waals surface area contributed by atoms with E-state index < -0.39 is 0 Å². The summed E-state index contributed by atoms with van der Waals surface area (Å²) in [6, 6.07) is 12.6. The fourth-order valence-electron chi connectivity index (χ4n) is 4.45. The standard InChI is InChI=1S/C25H23N9/c1-32-9-6-16-4-5-17(10-22(16)32)20-11-19(12-21-25(20)27-8-7-26-21)30-24(18-13-29-33(2)15-18)23-14-28-31-34(23)3/h4-15,24,30H,1-3H3/t24-/m0/s1. The van der Waals surface area contributed by atoms with Crippen molar-refractivity contribution in [2.24, 2.45) is 21.1 Å². The molecule has 0 aliphatic rings. The van der Waals surface area contributed by atoms with Crippen LogP contribution in [0.5, 0.6) is 0 Å². The highest BCUT2D eigenvalue weighted by Gasteiger charge is 2.21. The lowest BCUT2D eigenvalue weighted by Crippen LogP contribution is -2.16. The van der Waals surface area contributed by atoms with Gasteiger partial charge in [0.1, 0.15) is 0 Å². The Hall–Kier alpha value is -4.53. The molecule has 6 rings (SSSR count). The second-order valence-electron chi connectivity index (χ2n) is 8.46. The van der Waals surface area contributed by atoms with Crippen LogP contribution in [-0.4, -0.2) is 39.3 Å². The zero-order valence-electron chi connectivity index (χ0n) is 19.1. The summed E-state index contributed by atoms with van der Waals surface area (Å²) in [4.78, 5) is 9.27. The topological polar surface area (TPSA) is 91.3 Å². The monoisotopic (exact) mass is 449 g/mol. The van der Waals surface area contributed by atoms with Gasteiger partial charge in [-0.25, -0.2) is 4.68 Å². The van der Waals surface area contributed by atoms with Gasteiger partial charge in [0.2, 0.25) is 0 Å². The average Bonchev–Trinajstić information content (AvgIpc) is 3.57. The van der Waals surface area contributed by atoms with E-state index in [1.165, 1.54) is 10.9 Å². The van der Waals surface area contributed by atoms with Gasteiger partial charge in [-0.2, -0.15) is 5.10 Å². The van der Waals surface area contributed by atoms with Crippen molar-refractivity contribution in [1.82, 2.24) is 39.3 Å². The normalized spacial score (nSPS) is 12.4. The van der Waals surface area contributed by atoms with E-state index in [-0.39, 0.29) is 6.04 Å². The van der Waals surface area contributed by atoms with Crippen LogP contribution in [0.3, 0.4) is 0 Å². The molecule has 0 fully saturated rings. The van der Waals surface area contributed by atoms with E-state index in [0.717, 1.165) is 39.1 Å². The van der Waals surface area contributed by atoms with Gasteiger partial charge in [0.05, 0.1) is 35.2 Å². The molecule has 1 N–H and O–H groups in total. The zero-order chi connectivity index (χ0) is 23.2. The molecule has 168 valence electrons. The Kier molecular flexibility index (Phi) is 4.61. The van der Waals surface area contributed by atoms with Gasteiger partial charge >= 0.3 is 0 Å². The third kappa shape index (κ3) is 3.38. The number of nitrogens with one attached hydrogen (secondary N) is 1. The van der Waals surface area contributed by atoms with Gasteiger partial charge in [0.25, 0.3) is 0 Å². The maximum Gasteiger partial charge on any atom is 0.0983 e. The molecule has 4 heterocycles. The molecule has 9 heteroatoms. The Balaban J connectivity index is 1.50. The predicted molar refractivity (Wildman–Crippen MR) is 131 cm³/mol. The first kappa shape index (κ1) is 20.1. The Morgan fingerprint density at radius 1 is 0.941 bits per heavy atom. The van der Waals surface area contributed by atoms with Gasteiger partial charge < -0.3 is 9.88 Å². The molecule has 0 saturated heterocycles. The molecule has 2 aromatic carbocycles. The maximum atomic E-state index is 4.66. The molecule has 0 aliphatic heterocycles. The van der Waals surface area contributed by atoms with Crippen LogP contribution in [0.25, 0.3) is 33.1 Å². The first-order chi connectivity index (χ1) is 16.6. The van der Waals surface area contributed by atoms with Gasteiger partial charge in [-0.1, -0.05) is 17.3 Å². The van der Waals surface area contributed by atoms with Crippen molar-refractivity contribution >= 4 is 27.6 Å². The van der Waals surface area contributed by atoms with E-state index in [4.69, 9.17) is 0 Å². The van der Waals surface area contributed by atoms with Gasteiger partial charge in [0.15, 0.2) is 0 Å². The third-order valence-corrected chi connectivity index (χ3v) is 6.19. The molecule has 0 bridgehead atoms. The van der Waals surface area contributed by atoms with E-state index in [0.29, 0.717) is 0 Å². The van der Waals surface area contributed by atoms with E-state index in [9.17, 15) is 0 Å². The van der Waals surface area contributed by atoms with Gasteiger partial charge in [0, 0.05) is 68.3 Å². The highest BCUT2D eigenvalue weighted by Crippen LogP contribution is 2.34. The minimum atomic E-state index is -0.189. The van der Waals surface area contributed by atoms with Gasteiger partial charge in [-0.05, 0) is 35.2 Å². The summed E-state index contributed by atoms with van der Waals surface area (Å²) in [5, 5.41) is 17.5. The third-order valence-electron chi connectivity index (χ3n) is 6.19. The number of anilines is 1. The highest BCUT2D eigenvalue weighted by molar-refractivity contribution is 5.97. The van der Waals surface area contributed by atoms with Crippen LogP contribution in [0.4, 0.5) is 5.69 Å². The van der Waals surface area contributed by atoms with E-state index in [1.54, 1.807) is 28.0 Å². The second kappa shape index (κ2) is 7.80. The lowest BCUT2D eigenvalue weighted by atomic mass is 10.0. The van der Waals surface area contributed by atoms with E-state index in [1.807, 2.05) is 32.6 Å². The molecule has 0 unspecified atom stereocenters. The Labute approximate surface area is 195 Å². The average molecular weight is 450 g/mol. The van der Waals surface area contributed by atoms with Crippen LogP contribution in [0, 0.1) is 0 Å². The van der Waals surface area contributed by atoms with Crippen molar-refractivity contribution in [2.75, 3.05) is 5.32 Å². The summed E-state index contributed by atoms with van der Waals surface area (Å²) in [5.74, 6) is 0. The molecule has 0 amide bonds. The van der Waals surface area contributed by atoms with Crippen LogP contribution in [-0.2, 0) is 21.1 Å². The van der Waals surface area contributed by atoms with Crippen molar-refractivity contribution < 1.29 is 0 Å². The number of hydrogen-bond donors (Lipinski definition) is 1. The molecule has 6 aromatic rings. The maximum absolute atomic E-state index is 4.66. The molecule has 9 nitrogen and oxygen atoms in total. The van der Waals surface area contributed by atoms with Crippen molar-refractivity contribution in [2.45, 2.75) is 6.04 Å². The Bertz CT molecular complexity index is 1640. The number of nitrogens with zero attached hydrogens (tertiary/aromatic N) is 8. The van der Waals surface area contributed by atoms with E-state index >= 15 is 0 Å². The number of aryl methyl sites for hydroxylation is 3. The van der Waals surface area contributed by atoms with E-state index in [2.05, 4.69) is 78.8 Å². The molecule has 4 aromatic heterocycles. The van der Waals surface area contributed by atoms with Crippen LogP contribution in [0.2, 0.25) is 0 Å². The number of aromatic nitrogens is 8. The van der Waals surface area contributed by atoms with Crippen LogP contribution in [0.1, 0.15) is 17.3 Å². The van der Waals surface area contributed by atoms with Crippen molar-refractivity contribution in [3.63, 3.8) is 0 Å². The largest absolute Gasteiger partial charge is 0.373 e. The first-order valence-electron chi connectivity index (χ1n) is 11.0. The van der Waals surface area contributed by atoms with Gasteiger partial charge in [-0.15, -0.1) is 5.10 Å². The molecular weight excluding hydrogens is 426 g/mol. The van der Waals surface area contributed by atoms with Crippen LogP contribution in [0.15, 0.2) is 73.6 Å². The predicted octanol–water partition coefficient (Wildman–Crippen LogP) is 3.85. The summed E-state index contributed by atoms with van der Waals surface area (Å²) in [7, 11) is 5.85. The minimum absolute atomic E-state index is 0.189. The van der Waals surface area contributed by atoms with Crippen LogP contribution >= 0.6 is 0 Å². The smallest absolute Gasteiger partial charge is 0.0983 e. The SMILES string of the molecule is Cn1cc([C@H](Nc2cc(-c3ccc4ccn(C)c4c3)c3nccnc3c2)c2cnnn2C)cn1. The molecule has 1 atom stereocenters. The zero-order valence-corrected chi connectivity index (χ0v) is 19.1. The highest BCUT2D eigenvalue weighted by atomic mass is 15.4. The molecule has 0 radical (unpaired) electrons. The summed E-state index contributed by atoms with van der Waals surface area (Å²) in [5.41, 5.74) is 7.82. The molecule has 0 aliphatic carbocycles. The summed E-state index contributed by atoms with van der Waals surface area (Å²) in [6.45, 7) is 0. The van der Waals surface area contributed by atoms with Crippen LogP contribution < -0.4 is 5.32 Å². The fourth-order valence-corrected chi connectivity index (χ4v) is 4.45. The molecule has 0 saturated carbocycles. The number of benzene rings is 2. The van der Waals surface area contributed by atoms with Crippen molar-refractivity contribution in [1.29, 1.82) is 0 Å². The lowest BCUT2D eigenvalue weighted by Gasteiger charge is -2.20. The summed E-state index contributed by atoms with van der Waals surface area (Å²) < 4.78 is 5.69. The number of fused-ring (bicyclic) bond motifs is 2. The summed E-state index contributed by atoms with van der Waals surface area (Å²) >= 11 is 0. The van der Waals surface area contributed by atoms with Crippen molar-refractivity contribution in [3.05, 3.63) is 84.8 Å². The molecular formula is C25H23N9. The summed E-state index contributed by atoms with van der Waals surface area (Å²) in [6.07, 6.45) is 11.2. The second-order valence-corrected chi connectivity index (χ2v) is 8.46. The van der Waals surface area contributed by atoms with Gasteiger partial charge in [-0.3, -0.25) is 14.6 Å². The number of hydrogen-bond acceptors (Lipinski definition) is 6. The number of rotatable bonds is 5.